The predicted molar refractivity (Wildman–Crippen MR) is 43.6 cm³/mol. The maximum Gasteiger partial charge on any atom is 0.371 e. The summed E-state index contributed by atoms with van der Waals surface area (Å²) in [5.41, 5.74) is -1.53. The Morgan fingerprint density at radius 3 is 2.17 bits per heavy atom. The molecule has 0 aliphatic carbocycles. The summed E-state index contributed by atoms with van der Waals surface area (Å²) in [4.78, 5) is 15.4. The molecule has 1 aliphatic rings. The second-order valence-corrected chi connectivity index (χ2v) is 4.14. The van der Waals surface area contributed by atoms with Gasteiger partial charge in [0.05, 0.1) is 0 Å². The summed E-state index contributed by atoms with van der Waals surface area (Å²) in [6.45, 7) is 6.99. The fraction of sp³-hybridized carbons (Fsp3) is 0.750. The lowest BCUT2D eigenvalue weighted by Crippen LogP contribution is -2.45. The number of aliphatic hydroxyl groups is 1. The number of rotatable bonds is 0. The lowest BCUT2D eigenvalue weighted by molar-refractivity contribution is -0.152. The second kappa shape index (κ2) is 2.29. The Labute approximate surface area is 71.2 Å². The lowest BCUT2D eigenvalue weighted by atomic mass is 9.81. The van der Waals surface area contributed by atoms with E-state index < -0.39 is 11.6 Å². The second-order valence-electron chi connectivity index (χ2n) is 4.14. The number of oxime groups is 1. The Morgan fingerprint density at radius 2 is 2.00 bits per heavy atom. The smallest absolute Gasteiger partial charge is 0.371 e. The van der Waals surface area contributed by atoms with E-state index in [-0.39, 0.29) is 5.41 Å². The monoisotopic (exact) mass is 171 g/mol. The van der Waals surface area contributed by atoms with Crippen molar-refractivity contribution in [1.29, 1.82) is 0 Å². The highest BCUT2D eigenvalue weighted by Crippen LogP contribution is 2.29. The molecule has 1 aliphatic heterocycles. The van der Waals surface area contributed by atoms with Crippen molar-refractivity contribution in [2.75, 3.05) is 0 Å². The van der Waals surface area contributed by atoms with Gasteiger partial charge in [-0.05, 0) is 6.92 Å². The molecule has 0 bridgehead atoms. The van der Waals surface area contributed by atoms with Crippen LogP contribution in [0.1, 0.15) is 27.7 Å². The van der Waals surface area contributed by atoms with Gasteiger partial charge in [0.1, 0.15) is 5.71 Å². The molecule has 0 radical (unpaired) electrons. The highest BCUT2D eigenvalue weighted by molar-refractivity contribution is 6.14. The van der Waals surface area contributed by atoms with E-state index in [9.17, 15) is 9.90 Å². The number of hydrogen-bond donors (Lipinski definition) is 1. The lowest BCUT2D eigenvalue weighted by Gasteiger charge is -2.24. The Bertz CT molecular complexity index is 248. The molecule has 4 heteroatoms. The van der Waals surface area contributed by atoms with Gasteiger partial charge in [0.2, 0.25) is 5.60 Å². The van der Waals surface area contributed by atoms with Crippen LogP contribution in [0.3, 0.4) is 0 Å². The van der Waals surface area contributed by atoms with E-state index in [1.807, 2.05) is 20.8 Å². The van der Waals surface area contributed by atoms with Crippen molar-refractivity contribution >= 4 is 11.7 Å². The predicted octanol–water partition coefficient (Wildman–Crippen LogP) is 0.696. The first-order chi connectivity index (χ1) is 5.26. The van der Waals surface area contributed by atoms with Crippen LogP contribution in [0.2, 0.25) is 0 Å². The van der Waals surface area contributed by atoms with Crippen molar-refractivity contribution in [1.82, 2.24) is 0 Å². The van der Waals surface area contributed by atoms with Gasteiger partial charge < -0.3 is 9.94 Å². The fourth-order valence-corrected chi connectivity index (χ4v) is 1.23. The summed E-state index contributed by atoms with van der Waals surface area (Å²) >= 11 is 0. The quantitative estimate of drug-likeness (QED) is 0.546. The highest BCUT2D eigenvalue weighted by Gasteiger charge is 2.48. The van der Waals surface area contributed by atoms with Crippen molar-refractivity contribution < 1.29 is 14.7 Å². The summed E-state index contributed by atoms with van der Waals surface area (Å²) in [5, 5.41) is 13.2. The Morgan fingerprint density at radius 1 is 1.50 bits per heavy atom. The minimum absolute atomic E-state index is 0.352. The van der Waals surface area contributed by atoms with E-state index in [0.29, 0.717) is 5.71 Å². The molecule has 0 spiro atoms. The maximum absolute atomic E-state index is 11.0. The zero-order valence-electron chi connectivity index (χ0n) is 7.71. The van der Waals surface area contributed by atoms with Gasteiger partial charge in [0.25, 0.3) is 0 Å². The van der Waals surface area contributed by atoms with Crippen molar-refractivity contribution in [3.63, 3.8) is 0 Å². The largest absolute Gasteiger partial charge is 0.373 e. The van der Waals surface area contributed by atoms with Crippen LogP contribution >= 0.6 is 0 Å². The molecule has 0 aromatic rings. The molecule has 1 N–H and O–H groups in total. The van der Waals surface area contributed by atoms with E-state index >= 15 is 0 Å². The average molecular weight is 171 g/mol. The van der Waals surface area contributed by atoms with Crippen LogP contribution in [0.4, 0.5) is 0 Å². The maximum atomic E-state index is 11.0. The van der Waals surface area contributed by atoms with Gasteiger partial charge in [0.15, 0.2) is 0 Å². The molecule has 0 saturated heterocycles. The van der Waals surface area contributed by atoms with Crippen molar-refractivity contribution in [2.45, 2.75) is 33.3 Å². The molecule has 12 heavy (non-hydrogen) atoms. The average Bonchev–Trinajstić information content (AvgIpc) is 2.06. The molecule has 68 valence electrons. The summed E-state index contributed by atoms with van der Waals surface area (Å²) in [7, 11) is 0. The van der Waals surface area contributed by atoms with Crippen LogP contribution in [0.25, 0.3) is 0 Å². The standard InChI is InChI=1S/C8H13NO3/c1-7(2,3)5-8(4,11)6(10)12-9-5/h11H,1-4H3. The SMILES string of the molecule is CC(C)(C)C1=NOC(=O)C1(C)O. The molecule has 0 fully saturated rings. The molecule has 1 atom stereocenters. The Kier molecular flexibility index (Phi) is 1.76. The van der Waals surface area contributed by atoms with Crippen LogP contribution in [0.5, 0.6) is 0 Å². The van der Waals surface area contributed by atoms with Gasteiger partial charge in [-0.1, -0.05) is 25.9 Å². The molecule has 1 rings (SSSR count). The number of carbonyl (C=O) groups is 1. The first kappa shape index (κ1) is 9.19. The van der Waals surface area contributed by atoms with Gasteiger partial charge in [-0.3, -0.25) is 0 Å². The molecule has 1 heterocycles. The van der Waals surface area contributed by atoms with Crippen molar-refractivity contribution in [3.05, 3.63) is 0 Å². The first-order valence-electron chi connectivity index (χ1n) is 3.79. The summed E-state index contributed by atoms with van der Waals surface area (Å²) < 4.78 is 0. The van der Waals surface area contributed by atoms with Gasteiger partial charge >= 0.3 is 5.97 Å². The minimum Gasteiger partial charge on any atom is -0.373 e. The van der Waals surface area contributed by atoms with Gasteiger partial charge in [0, 0.05) is 5.41 Å². The van der Waals surface area contributed by atoms with E-state index in [1.165, 1.54) is 6.92 Å². The third-order valence-electron chi connectivity index (χ3n) is 1.79. The molecule has 1 unspecified atom stereocenters. The molecule has 0 saturated carbocycles. The third kappa shape index (κ3) is 1.22. The topological polar surface area (TPSA) is 58.9 Å². The van der Waals surface area contributed by atoms with E-state index in [4.69, 9.17) is 0 Å². The van der Waals surface area contributed by atoms with Crippen LogP contribution in [-0.4, -0.2) is 22.4 Å². The summed E-state index contributed by atoms with van der Waals surface area (Å²) in [5.74, 6) is -0.701. The van der Waals surface area contributed by atoms with Crippen LogP contribution in [0.15, 0.2) is 5.16 Å². The van der Waals surface area contributed by atoms with Crippen molar-refractivity contribution in [2.24, 2.45) is 10.6 Å². The zero-order valence-corrected chi connectivity index (χ0v) is 7.71. The highest BCUT2D eigenvalue weighted by atomic mass is 16.7. The normalized spacial score (nSPS) is 30.1. The Balaban J connectivity index is 3.03. The molecule has 0 amide bonds. The first-order valence-corrected chi connectivity index (χ1v) is 3.79. The molecule has 0 aromatic heterocycles. The number of nitrogens with zero attached hydrogens (tertiary/aromatic N) is 1. The number of carbonyl (C=O) groups excluding carboxylic acids is 1. The number of hydrogen-bond acceptors (Lipinski definition) is 4. The molecular weight excluding hydrogens is 158 g/mol. The molecular formula is C8H13NO3. The molecule has 0 aromatic carbocycles. The van der Waals surface area contributed by atoms with Gasteiger partial charge in [-0.15, -0.1) is 0 Å². The van der Waals surface area contributed by atoms with E-state index in [0.717, 1.165) is 0 Å². The van der Waals surface area contributed by atoms with Crippen LogP contribution < -0.4 is 0 Å². The van der Waals surface area contributed by atoms with Crippen LogP contribution in [-0.2, 0) is 9.63 Å². The third-order valence-corrected chi connectivity index (χ3v) is 1.79. The molecule has 4 nitrogen and oxygen atoms in total. The van der Waals surface area contributed by atoms with E-state index in [2.05, 4.69) is 9.99 Å². The summed E-state index contributed by atoms with van der Waals surface area (Å²) in [6, 6.07) is 0. The fourth-order valence-electron chi connectivity index (χ4n) is 1.23. The van der Waals surface area contributed by atoms with Crippen molar-refractivity contribution in [3.8, 4) is 0 Å². The summed E-state index contributed by atoms with van der Waals surface area (Å²) in [6.07, 6.45) is 0. The Hall–Kier alpha value is -0.900. The van der Waals surface area contributed by atoms with E-state index in [1.54, 1.807) is 0 Å². The minimum atomic E-state index is -1.56. The van der Waals surface area contributed by atoms with Gasteiger partial charge in [-0.25, -0.2) is 4.79 Å². The van der Waals surface area contributed by atoms with Crippen LogP contribution in [0, 0.1) is 5.41 Å². The van der Waals surface area contributed by atoms with Gasteiger partial charge in [-0.2, -0.15) is 0 Å². The zero-order chi connectivity index (χ0) is 9.57.